The van der Waals surface area contributed by atoms with Gasteiger partial charge in [-0.15, -0.1) is 0 Å². The minimum absolute atomic E-state index is 0.0158. The number of piperidine rings is 1. The van der Waals surface area contributed by atoms with Gasteiger partial charge in [-0.3, -0.25) is 4.79 Å². The number of nitriles is 1. The number of benzene rings is 2. The van der Waals surface area contributed by atoms with E-state index in [1.807, 2.05) is 55.5 Å². The maximum atomic E-state index is 12.9. The second kappa shape index (κ2) is 6.98. The van der Waals surface area contributed by atoms with Crippen LogP contribution in [0.15, 0.2) is 48.5 Å². The van der Waals surface area contributed by atoms with Gasteiger partial charge in [0.1, 0.15) is 5.75 Å². The van der Waals surface area contributed by atoms with E-state index in [1.165, 1.54) is 0 Å². The van der Waals surface area contributed by atoms with Crippen molar-refractivity contribution in [1.82, 2.24) is 4.90 Å². The first-order chi connectivity index (χ1) is 12.1. The largest absolute Gasteiger partial charge is 0.496 e. The first kappa shape index (κ1) is 17.0. The summed E-state index contributed by atoms with van der Waals surface area (Å²) in [7, 11) is 1.64. The van der Waals surface area contributed by atoms with Crippen LogP contribution in [-0.2, 0) is 0 Å². The van der Waals surface area contributed by atoms with Crippen molar-refractivity contribution in [2.45, 2.75) is 19.8 Å². The van der Waals surface area contributed by atoms with Gasteiger partial charge in [-0.2, -0.15) is 5.26 Å². The molecule has 1 heterocycles. The number of amides is 1. The molecule has 0 saturated carbocycles. The molecular weight excluding hydrogens is 312 g/mol. The van der Waals surface area contributed by atoms with E-state index in [4.69, 9.17) is 4.74 Å². The Morgan fingerprint density at radius 1 is 1.24 bits per heavy atom. The van der Waals surface area contributed by atoms with E-state index in [0.717, 1.165) is 29.7 Å². The molecule has 4 nitrogen and oxygen atoms in total. The first-order valence-electron chi connectivity index (χ1n) is 8.50. The van der Waals surface area contributed by atoms with Gasteiger partial charge in [-0.25, -0.2) is 0 Å². The third kappa shape index (κ3) is 3.51. The number of carbonyl (C=O) groups excluding carboxylic acids is 1. The van der Waals surface area contributed by atoms with Crippen LogP contribution in [0.1, 0.15) is 30.1 Å². The summed E-state index contributed by atoms with van der Waals surface area (Å²) in [6, 6.07) is 17.7. The minimum Gasteiger partial charge on any atom is -0.496 e. The minimum atomic E-state index is -0.450. The predicted molar refractivity (Wildman–Crippen MR) is 97.3 cm³/mol. The van der Waals surface area contributed by atoms with Gasteiger partial charge in [0.2, 0.25) is 0 Å². The second-order valence-electron chi connectivity index (χ2n) is 6.78. The molecule has 1 saturated heterocycles. The Bertz CT molecular complexity index is 825. The maximum Gasteiger partial charge on any atom is 0.253 e. The van der Waals surface area contributed by atoms with E-state index < -0.39 is 5.41 Å². The van der Waals surface area contributed by atoms with Crippen LogP contribution < -0.4 is 4.74 Å². The fraction of sp³-hybridized carbons (Fsp3) is 0.333. The number of likely N-dealkylation sites (tertiary alicyclic amines) is 1. The molecule has 1 atom stereocenters. The topological polar surface area (TPSA) is 53.3 Å². The van der Waals surface area contributed by atoms with Crippen LogP contribution in [0.4, 0.5) is 0 Å². The van der Waals surface area contributed by atoms with Crippen molar-refractivity contribution in [1.29, 1.82) is 5.26 Å². The zero-order chi connectivity index (χ0) is 17.9. The number of rotatable bonds is 3. The summed E-state index contributed by atoms with van der Waals surface area (Å²) in [6.07, 6.45) is 1.70. The Balaban J connectivity index is 1.89. The number of methoxy groups -OCH3 is 1. The molecule has 1 amide bonds. The Morgan fingerprint density at radius 2 is 2.04 bits per heavy atom. The summed E-state index contributed by atoms with van der Waals surface area (Å²) in [4.78, 5) is 14.7. The van der Waals surface area contributed by atoms with E-state index in [1.54, 1.807) is 12.0 Å². The zero-order valence-corrected chi connectivity index (χ0v) is 14.7. The van der Waals surface area contributed by atoms with Crippen LogP contribution in [0.2, 0.25) is 0 Å². The Kier molecular flexibility index (Phi) is 4.76. The summed E-state index contributed by atoms with van der Waals surface area (Å²) >= 11 is 0. The monoisotopic (exact) mass is 334 g/mol. The molecule has 0 radical (unpaired) electrons. The highest BCUT2D eigenvalue weighted by molar-refractivity contribution is 5.95. The van der Waals surface area contributed by atoms with Gasteiger partial charge in [0.15, 0.2) is 0 Å². The maximum absolute atomic E-state index is 12.9. The highest BCUT2D eigenvalue weighted by Crippen LogP contribution is 2.32. The molecule has 0 aliphatic carbocycles. The van der Waals surface area contributed by atoms with Crippen LogP contribution >= 0.6 is 0 Å². The highest BCUT2D eigenvalue weighted by Gasteiger charge is 2.33. The summed E-state index contributed by atoms with van der Waals surface area (Å²) < 4.78 is 5.43. The molecule has 25 heavy (non-hydrogen) atoms. The van der Waals surface area contributed by atoms with Crippen molar-refractivity contribution in [3.05, 3.63) is 54.1 Å². The smallest absolute Gasteiger partial charge is 0.253 e. The second-order valence-corrected chi connectivity index (χ2v) is 6.78. The number of hydrogen-bond acceptors (Lipinski definition) is 3. The lowest BCUT2D eigenvalue weighted by Crippen LogP contribution is -2.44. The average molecular weight is 334 g/mol. The molecule has 0 bridgehead atoms. The third-order valence-corrected chi connectivity index (χ3v) is 4.78. The van der Waals surface area contributed by atoms with E-state index in [-0.39, 0.29) is 5.91 Å². The predicted octanol–water partition coefficient (Wildman–Crippen LogP) is 4.13. The molecule has 1 aliphatic heterocycles. The van der Waals surface area contributed by atoms with Crippen molar-refractivity contribution < 1.29 is 9.53 Å². The number of hydrogen-bond donors (Lipinski definition) is 0. The molecule has 1 fully saturated rings. The van der Waals surface area contributed by atoms with Crippen molar-refractivity contribution in [3.63, 3.8) is 0 Å². The Labute approximate surface area is 148 Å². The summed E-state index contributed by atoms with van der Waals surface area (Å²) in [5.41, 5.74) is 2.10. The first-order valence-corrected chi connectivity index (χ1v) is 8.50. The lowest BCUT2D eigenvalue weighted by molar-refractivity contribution is 0.0630. The number of carbonyl (C=O) groups is 1. The van der Waals surface area contributed by atoms with Gasteiger partial charge in [0, 0.05) is 24.2 Å². The molecule has 0 N–H and O–H groups in total. The van der Waals surface area contributed by atoms with Gasteiger partial charge < -0.3 is 9.64 Å². The molecule has 0 unspecified atom stereocenters. The lowest BCUT2D eigenvalue weighted by Gasteiger charge is -2.36. The molecule has 4 heteroatoms. The van der Waals surface area contributed by atoms with E-state index >= 15 is 0 Å². The Hall–Kier alpha value is -2.80. The van der Waals surface area contributed by atoms with Gasteiger partial charge in [-0.05, 0) is 43.5 Å². The van der Waals surface area contributed by atoms with Crippen molar-refractivity contribution in [2.24, 2.45) is 5.41 Å². The molecule has 1 aliphatic rings. The van der Waals surface area contributed by atoms with Gasteiger partial charge in [0.05, 0.1) is 18.6 Å². The molecule has 3 rings (SSSR count). The SMILES string of the molecule is COc1ccccc1-c1cccc(C(=O)N2CCC[C@@](C)(C#N)C2)c1. The van der Waals surface area contributed by atoms with E-state index in [9.17, 15) is 10.1 Å². The van der Waals surface area contributed by atoms with Crippen molar-refractivity contribution >= 4 is 5.91 Å². The summed E-state index contributed by atoms with van der Waals surface area (Å²) in [5, 5.41) is 9.37. The molecular formula is C21H22N2O2. The number of nitrogens with zero attached hydrogens (tertiary/aromatic N) is 2. The van der Waals surface area contributed by atoms with Crippen molar-refractivity contribution in [2.75, 3.05) is 20.2 Å². The standard InChI is InChI=1S/C21H22N2O2/c1-21(14-22)11-6-12-23(15-21)20(24)17-8-5-7-16(13-17)18-9-3-4-10-19(18)25-2/h3-5,7-10,13H,6,11-12,15H2,1-2H3/t21-/m0/s1. The van der Waals surface area contributed by atoms with E-state index in [0.29, 0.717) is 18.7 Å². The zero-order valence-electron chi connectivity index (χ0n) is 14.7. The van der Waals surface area contributed by atoms with Crippen LogP contribution in [0.5, 0.6) is 5.75 Å². The van der Waals surface area contributed by atoms with Gasteiger partial charge in [0.25, 0.3) is 5.91 Å². The highest BCUT2D eigenvalue weighted by atomic mass is 16.5. The Morgan fingerprint density at radius 3 is 2.80 bits per heavy atom. The number of para-hydroxylation sites is 1. The van der Waals surface area contributed by atoms with Crippen molar-refractivity contribution in [3.8, 4) is 22.9 Å². The third-order valence-electron chi connectivity index (χ3n) is 4.78. The van der Waals surface area contributed by atoms with Crippen LogP contribution in [-0.4, -0.2) is 31.0 Å². The number of ether oxygens (including phenoxy) is 1. The molecule has 0 aromatic heterocycles. The fourth-order valence-electron chi connectivity index (χ4n) is 3.39. The molecule has 128 valence electrons. The van der Waals surface area contributed by atoms with E-state index in [2.05, 4.69) is 6.07 Å². The fourth-order valence-corrected chi connectivity index (χ4v) is 3.39. The van der Waals surface area contributed by atoms with Gasteiger partial charge in [-0.1, -0.05) is 30.3 Å². The average Bonchev–Trinajstić information content (AvgIpc) is 2.67. The van der Waals surface area contributed by atoms with Crippen LogP contribution in [0.25, 0.3) is 11.1 Å². The van der Waals surface area contributed by atoms with Crippen LogP contribution in [0, 0.1) is 16.7 Å². The quantitative estimate of drug-likeness (QED) is 0.848. The summed E-state index contributed by atoms with van der Waals surface area (Å²) in [6.45, 7) is 3.12. The van der Waals surface area contributed by atoms with Crippen LogP contribution in [0.3, 0.4) is 0 Å². The normalized spacial score (nSPS) is 20.0. The summed E-state index contributed by atoms with van der Waals surface area (Å²) in [5.74, 6) is 0.764. The van der Waals surface area contributed by atoms with Gasteiger partial charge >= 0.3 is 0 Å². The molecule has 0 spiro atoms. The molecule has 2 aromatic carbocycles. The lowest BCUT2D eigenvalue weighted by atomic mass is 9.83. The molecule has 2 aromatic rings.